The molecule has 5 nitrogen and oxygen atoms in total. The fourth-order valence-electron chi connectivity index (χ4n) is 3.68. The largest absolute Gasteiger partial charge is 0.469 e. The van der Waals surface area contributed by atoms with Crippen molar-refractivity contribution in [3.05, 3.63) is 0 Å². The Morgan fingerprint density at radius 2 is 2.15 bits per heavy atom. The average Bonchev–Trinajstić information content (AvgIpc) is 2.84. The van der Waals surface area contributed by atoms with Crippen molar-refractivity contribution >= 4 is 15.8 Å². The maximum atomic E-state index is 12.2. The van der Waals surface area contributed by atoms with Crippen LogP contribution in [0.5, 0.6) is 0 Å². The Bertz CT molecular complexity index is 462. The molecule has 0 radical (unpaired) electrons. The van der Waals surface area contributed by atoms with Crippen LogP contribution >= 0.6 is 0 Å². The van der Waals surface area contributed by atoms with Gasteiger partial charge in [-0.15, -0.1) is 0 Å². The van der Waals surface area contributed by atoms with E-state index in [0.717, 1.165) is 32.2 Å². The lowest BCUT2D eigenvalue weighted by Crippen LogP contribution is -2.42. The van der Waals surface area contributed by atoms with E-state index in [2.05, 4.69) is 4.90 Å². The summed E-state index contributed by atoms with van der Waals surface area (Å²) in [5, 5.41) is 0. The number of esters is 1. The van der Waals surface area contributed by atoms with Gasteiger partial charge in [0.15, 0.2) is 9.84 Å². The molecule has 2 rings (SSSR count). The van der Waals surface area contributed by atoms with Crippen molar-refractivity contribution < 1.29 is 17.9 Å². The summed E-state index contributed by atoms with van der Waals surface area (Å²) in [6.45, 7) is 3.69. The molecule has 0 spiro atoms. The molecule has 0 N–H and O–H groups in total. The minimum atomic E-state index is -2.94. The molecule has 2 fully saturated rings. The summed E-state index contributed by atoms with van der Waals surface area (Å²) in [5.74, 6) is 0.593. The molecule has 0 amide bonds. The number of nitrogens with zero attached hydrogens (tertiary/aromatic N) is 1. The molecule has 1 saturated heterocycles. The minimum Gasteiger partial charge on any atom is -0.469 e. The fraction of sp³-hybridized carbons (Fsp3) is 0.929. The normalized spacial score (nSPS) is 31.0. The van der Waals surface area contributed by atoms with E-state index in [9.17, 15) is 13.2 Å². The lowest BCUT2D eigenvalue weighted by atomic mass is 9.68. The molecular formula is C14H25NO4S. The number of rotatable bonds is 5. The Hall–Kier alpha value is -0.620. The third kappa shape index (κ3) is 3.01. The van der Waals surface area contributed by atoms with Crippen molar-refractivity contribution in [2.45, 2.75) is 32.6 Å². The van der Waals surface area contributed by atoms with Crippen molar-refractivity contribution in [1.29, 1.82) is 0 Å². The number of carbonyl (C=O) groups excluding carboxylic acids is 1. The van der Waals surface area contributed by atoms with Crippen LogP contribution in [0.25, 0.3) is 0 Å². The van der Waals surface area contributed by atoms with E-state index in [0.29, 0.717) is 19.0 Å². The molecule has 0 bridgehead atoms. The predicted molar refractivity (Wildman–Crippen MR) is 77.2 cm³/mol. The standard InChI is InChI=1S/C14H25NO4S/c1-3-20(17,18)9-8-15-10-12-6-4-5-7-14(12,11-15)13(16)19-2/h12H,3-11H2,1-2H3/t12-,14-/m1/s1. The molecule has 0 aromatic heterocycles. The minimum absolute atomic E-state index is 0.108. The first kappa shape index (κ1) is 15.8. The molecule has 0 aromatic rings. The zero-order valence-corrected chi connectivity index (χ0v) is 13.2. The highest BCUT2D eigenvalue weighted by molar-refractivity contribution is 7.91. The van der Waals surface area contributed by atoms with Crippen LogP contribution < -0.4 is 0 Å². The molecule has 1 heterocycles. The molecule has 2 atom stereocenters. The average molecular weight is 303 g/mol. The van der Waals surface area contributed by atoms with Crippen molar-refractivity contribution in [1.82, 2.24) is 4.90 Å². The van der Waals surface area contributed by atoms with E-state index >= 15 is 0 Å². The molecule has 116 valence electrons. The fourth-order valence-corrected chi connectivity index (χ4v) is 4.51. The maximum Gasteiger partial charge on any atom is 0.313 e. The van der Waals surface area contributed by atoms with Crippen molar-refractivity contribution in [3.63, 3.8) is 0 Å². The summed E-state index contributed by atoms with van der Waals surface area (Å²) < 4.78 is 28.3. The maximum absolute atomic E-state index is 12.2. The lowest BCUT2D eigenvalue weighted by Gasteiger charge is -2.35. The van der Waals surface area contributed by atoms with Gasteiger partial charge in [0, 0.05) is 25.4 Å². The van der Waals surface area contributed by atoms with Gasteiger partial charge in [-0.1, -0.05) is 19.8 Å². The Balaban J connectivity index is 2.05. The number of likely N-dealkylation sites (tertiary alicyclic amines) is 1. The number of hydrogen-bond donors (Lipinski definition) is 0. The Kier molecular flexibility index (Phi) is 4.74. The van der Waals surface area contributed by atoms with Crippen LogP contribution in [0.1, 0.15) is 32.6 Å². The number of ether oxygens (including phenoxy) is 1. The Morgan fingerprint density at radius 1 is 1.40 bits per heavy atom. The van der Waals surface area contributed by atoms with Crippen LogP contribution in [-0.2, 0) is 19.4 Å². The Morgan fingerprint density at radius 3 is 2.80 bits per heavy atom. The molecule has 0 unspecified atom stereocenters. The second-order valence-corrected chi connectivity index (χ2v) is 8.53. The number of methoxy groups -OCH3 is 1. The van der Waals surface area contributed by atoms with E-state index in [-0.39, 0.29) is 22.9 Å². The van der Waals surface area contributed by atoms with Crippen LogP contribution in [0, 0.1) is 11.3 Å². The summed E-state index contributed by atoms with van der Waals surface area (Å²) in [6, 6.07) is 0. The van der Waals surface area contributed by atoms with Gasteiger partial charge in [0.2, 0.25) is 0 Å². The highest BCUT2D eigenvalue weighted by Crippen LogP contribution is 2.47. The summed E-state index contributed by atoms with van der Waals surface area (Å²) in [5.41, 5.74) is -0.386. The van der Waals surface area contributed by atoms with Gasteiger partial charge < -0.3 is 9.64 Å². The smallest absolute Gasteiger partial charge is 0.313 e. The predicted octanol–water partition coefficient (Wildman–Crippen LogP) is 1.09. The van der Waals surface area contributed by atoms with Crippen molar-refractivity contribution in [2.75, 3.05) is 38.2 Å². The van der Waals surface area contributed by atoms with Crippen LogP contribution in [0.4, 0.5) is 0 Å². The zero-order valence-electron chi connectivity index (χ0n) is 12.4. The summed E-state index contributed by atoms with van der Waals surface area (Å²) in [6.07, 6.45) is 4.14. The highest BCUT2D eigenvalue weighted by atomic mass is 32.2. The van der Waals surface area contributed by atoms with Crippen molar-refractivity contribution in [3.8, 4) is 0 Å². The van der Waals surface area contributed by atoms with Crippen LogP contribution in [-0.4, -0.2) is 57.5 Å². The molecule has 20 heavy (non-hydrogen) atoms. The van der Waals surface area contributed by atoms with E-state index in [1.165, 1.54) is 7.11 Å². The first-order valence-corrected chi connectivity index (χ1v) is 9.27. The first-order chi connectivity index (χ1) is 9.43. The lowest BCUT2D eigenvalue weighted by molar-refractivity contribution is -0.156. The molecule has 1 aliphatic carbocycles. The van der Waals surface area contributed by atoms with Crippen LogP contribution in [0.15, 0.2) is 0 Å². The van der Waals surface area contributed by atoms with Gasteiger partial charge in [-0.3, -0.25) is 4.79 Å². The van der Waals surface area contributed by atoms with E-state index in [4.69, 9.17) is 4.74 Å². The molecule has 0 aromatic carbocycles. The van der Waals surface area contributed by atoms with Crippen LogP contribution in [0.3, 0.4) is 0 Å². The Labute approximate surface area is 121 Å². The molecule has 1 aliphatic heterocycles. The van der Waals surface area contributed by atoms with Gasteiger partial charge in [0.1, 0.15) is 0 Å². The SMILES string of the molecule is CCS(=O)(=O)CCN1C[C@H]2CCCC[C@@]2(C(=O)OC)C1. The number of sulfone groups is 1. The first-order valence-electron chi connectivity index (χ1n) is 7.45. The van der Waals surface area contributed by atoms with Gasteiger partial charge in [-0.25, -0.2) is 8.42 Å². The van der Waals surface area contributed by atoms with Gasteiger partial charge >= 0.3 is 5.97 Å². The number of carbonyl (C=O) groups is 1. The van der Waals surface area contributed by atoms with E-state index in [1.807, 2.05) is 0 Å². The second-order valence-electron chi connectivity index (χ2n) is 6.06. The van der Waals surface area contributed by atoms with Gasteiger partial charge in [-0.2, -0.15) is 0 Å². The van der Waals surface area contributed by atoms with Crippen molar-refractivity contribution in [2.24, 2.45) is 11.3 Å². The van der Waals surface area contributed by atoms with Crippen LogP contribution in [0.2, 0.25) is 0 Å². The van der Waals surface area contributed by atoms with Gasteiger partial charge in [0.05, 0.1) is 18.3 Å². The van der Waals surface area contributed by atoms with E-state index < -0.39 is 9.84 Å². The zero-order chi connectivity index (χ0) is 14.8. The molecule has 6 heteroatoms. The van der Waals surface area contributed by atoms with Gasteiger partial charge in [-0.05, 0) is 18.8 Å². The quantitative estimate of drug-likeness (QED) is 0.711. The summed E-state index contributed by atoms with van der Waals surface area (Å²) >= 11 is 0. The molecule has 1 saturated carbocycles. The molecule has 2 aliphatic rings. The summed E-state index contributed by atoms with van der Waals surface area (Å²) in [4.78, 5) is 14.3. The molecular weight excluding hydrogens is 278 g/mol. The summed E-state index contributed by atoms with van der Waals surface area (Å²) in [7, 11) is -1.49. The van der Waals surface area contributed by atoms with E-state index in [1.54, 1.807) is 6.92 Å². The third-order valence-electron chi connectivity index (χ3n) is 4.94. The second kappa shape index (κ2) is 6.02. The monoisotopic (exact) mass is 303 g/mol. The number of hydrogen-bond acceptors (Lipinski definition) is 5. The highest BCUT2D eigenvalue weighted by Gasteiger charge is 2.53. The van der Waals surface area contributed by atoms with Gasteiger partial charge in [0.25, 0.3) is 0 Å². The topological polar surface area (TPSA) is 63.7 Å². The third-order valence-corrected chi connectivity index (χ3v) is 6.63. The number of fused-ring (bicyclic) bond motifs is 1.